The molecule has 1 unspecified atom stereocenters. The van der Waals surface area contributed by atoms with E-state index in [9.17, 15) is 14.3 Å². The van der Waals surface area contributed by atoms with Crippen molar-refractivity contribution in [2.75, 3.05) is 19.8 Å². The van der Waals surface area contributed by atoms with Crippen LogP contribution in [0.1, 0.15) is 12.8 Å². The number of phosphoric acid groups is 1. The highest BCUT2D eigenvalue weighted by Crippen LogP contribution is 2.45. The van der Waals surface area contributed by atoms with Crippen LogP contribution in [0.5, 0.6) is 0 Å². The van der Waals surface area contributed by atoms with Crippen molar-refractivity contribution in [3.63, 3.8) is 0 Å². The number of hydrogen-bond donors (Lipinski definition) is 3. The van der Waals surface area contributed by atoms with Crippen molar-refractivity contribution in [2.24, 2.45) is 5.73 Å². The van der Waals surface area contributed by atoms with Crippen molar-refractivity contribution >= 4 is 13.8 Å². The summed E-state index contributed by atoms with van der Waals surface area (Å²) >= 11 is 0. The summed E-state index contributed by atoms with van der Waals surface area (Å²) in [5, 5.41) is 8.47. The van der Waals surface area contributed by atoms with Gasteiger partial charge >= 0.3 is 13.8 Å². The van der Waals surface area contributed by atoms with Crippen molar-refractivity contribution in [1.82, 2.24) is 0 Å². The summed E-state index contributed by atoms with van der Waals surface area (Å²) in [5.74, 6) is -1.31. The van der Waals surface area contributed by atoms with Gasteiger partial charge in [-0.2, -0.15) is 0 Å². The lowest BCUT2D eigenvalue weighted by molar-refractivity contribution is -0.139. The predicted octanol–water partition coefficient (Wildman–Crippen LogP) is -0.289. The van der Waals surface area contributed by atoms with E-state index in [-0.39, 0.29) is 0 Å². The molecule has 1 aliphatic rings. The van der Waals surface area contributed by atoms with E-state index in [1.54, 1.807) is 0 Å². The van der Waals surface area contributed by atoms with Crippen molar-refractivity contribution in [1.29, 1.82) is 0 Å². The van der Waals surface area contributed by atoms with Gasteiger partial charge in [-0.3, -0.25) is 13.8 Å². The third kappa shape index (κ3) is 5.58. The minimum atomic E-state index is -4.25. The summed E-state index contributed by atoms with van der Waals surface area (Å²) in [6.07, 6.45) is 0.582. The van der Waals surface area contributed by atoms with Gasteiger partial charge in [-0.25, -0.2) is 4.57 Å². The van der Waals surface area contributed by atoms with Gasteiger partial charge < -0.3 is 20.5 Å². The molecule has 1 rings (SSSR count). The first-order chi connectivity index (χ1) is 7.91. The van der Waals surface area contributed by atoms with Crippen LogP contribution < -0.4 is 5.73 Å². The molecule has 2 atom stereocenters. The topological polar surface area (TPSA) is 128 Å². The summed E-state index contributed by atoms with van der Waals surface area (Å²) in [7, 11) is -4.25. The first-order valence-corrected chi connectivity index (χ1v) is 6.62. The van der Waals surface area contributed by atoms with Crippen LogP contribution in [0, 0.1) is 0 Å². The maximum absolute atomic E-state index is 11.4. The molecule has 17 heavy (non-hydrogen) atoms. The molecular formula is C8H16NO7P. The number of hydrogen-bond acceptors (Lipinski definition) is 6. The zero-order valence-electron chi connectivity index (χ0n) is 9.15. The molecule has 0 radical (unpaired) electrons. The van der Waals surface area contributed by atoms with Crippen LogP contribution in [0.4, 0.5) is 0 Å². The van der Waals surface area contributed by atoms with Gasteiger partial charge in [-0.1, -0.05) is 0 Å². The summed E-state index contributed by atoms with van der Waals surface area (Å²) in [5.41, 5.74) is 5.12. The number of rotatable bonds is 6. The van der Waals surface area contributed by atoms with Crippen LogP contribution >= 0.6 is 7.82 Å². The van der Waals surface area contributed by atoms with Crippen LogP contribution in [-0.2, 0) is 23.1 Å². The Bertz CT molecular complexity index is 304. The quantitative estimate of drug-likeness (QED) is 0.561. The molecule has 4 N–H and O–H groups in total. The fourth-order valence-corrected chi connectivity index (χ4v) is 2.24. The SMILES string of the molecule is N[C@@H](COP(=O)(O)OC1CCOCC1)C(=O)O. The van der Waals surface area contributed by atoms with E-state index in [0.29, 0.717) is 26.1 Å². The highest BCUT2D eigenvalue weighted by molar-refractivity contribution is 7.47. The monoisotopic (exact) mass is 269 g/mol. The van der Waals surface area contributed by atoms with E-state index in [1.165, 1.54) is 0 Å². The second-order valence-electron chi connectivity index (χ2n) is 3.63. The average molecular weight is 269 g/mol. The second kappa shape index (κ2) is 6.44. The molecule has 0 aliphatic carbocycles. The normalized spacial score (nSPS) is 22.9. The van der Waals surface area contributed by atoms with Crippen LogP contribution in [0.3, 0.4) is 0 Å². The third-order valence-electron chi connectivity index (χ3n) is 2.19. The Labute approximate surface area is 98.3 Å². The molecule has 8 nitrogen and oxygen atoms in total. The van der Waals surface area contributed by atoms with Crippen molar-refractivity contribution in [2.45, 2.75) is 25.0 Å². The summed E-state index contributed by atoms with van der Waals surface area (Å²) in [6, 6.07) is -1.35. The summed E-state index contributed by atoms with van der Waals surface area (Å²) in [6.45, 7) is 0.338. The zero-order valence-corrected chi connectivity index (χ0v) is 10.0. The number of carboxylic acid groups (broad SMARTS) is 1. The molecule has 100 valence electrons. The van der Waals surface area contributed by atoms with Crippen molar-refractivity contribution in [3.8, 4) is 0 Å². The van der Waals surface area contributed by atoms with Crippen LogP contribution in [0.25, 0.3) is 0 Å². The van der Waals surface area contributed by atoms with Gasteiger partial charge in [-0.15, -0.1) is 0 Å². The van der Waals surface area contributed by atoms with Gasteiger partial charge in [-0.05, 0) is 12.8 Å². The summed E-state index contributed by atoms with van der Waals surface area (Å²) < 4.78 is 25.9. The molecule has 9 heteroatoms. The molecule has 0 aromatic rings. The molecule has 0 aromatic carbocycles. The molecule has 1 fully saturated rings. The van der Waals surface area contributed by atoms with Gasteiger partial charge in [0.2, 0.25) is 0 Å². The Kier molecular flexibility index (Phi) is 5.51. The zero-order chi connectivity index (χ0) is 12.9. The Morgan fingerprint density at radius 3 is 2.65 bits per heavy atom. The molecule has 0 bridgehead atoms. The fraction of sp³-hybridized carbons (Fsp3) is 0.875. The van der Waals surface area contributed by atoms with Gasteiger partial charge in [0.25, 0.3) is 0 Å². The Balaban J connectivity index is 2.34. The summed E-state index contributed by atoms with van der Waals surface area (Å²) in [4.78, 5) is 19.7. The van der Waals surface area contributed by atoms with Gasteiger partial charge in [0, 0.05) is 13.2 Å². The average Bonchev–Trinajstić information content (AvgIpc) is 2.26. The van der Waals surface area contributed by atoms with Gasteiger partial charge in [0.15, 0.2) is 0 Å². The lowest BCUT2D eigenvalue weighted by Gasteiger charge is -2.24. The van der Waals surface area contributed by atoms with E-state index in [0.717, 1.165) is 0 Å². The van der Waals surface area contributed by atoms with Gasteiger partial charge in [0.1, 0.15) is 6.04 Å². The lowest BCUT2D eigenvalue weighted by atomic mass is 10.2. The Hall–Kier alpha value is -0.500. The first-order valence-electron chi connectivity index (χ1n) is 5.12. The highest BCUT2D eigenvalue weighted by atomic mass is 31.2. The number of nitrogens with two attached hydrogens (primary N) is 1. The molecular weight excluding hydrogens is 253 g/mol. The maximum Gasteiger partial charge on any atom is 0.472 e. The minimum absolute atomic E-state index is 0.416. The van der Waals surface area contributed by atoms with E-state index >= 15 is 0 Å². The molecule has 0 saturated carbocycles. The lowest BCUT2D eigenvalue weighted by Crippen LogP contribution is -2.34. The number of carboxylic acids is 1. The van der Waals surface area contributed by atoms with E-state index < -0.39 is 32.5 Å². The number of carbonyl (C=O) groups is 1. The largest absolute Gasteiger partial charge is 0.480 e. The van der Waals surface area contributed by atoms with E-state index in [1.807, 2.05) is 0 Å². The maximum atomic E-state index is 11.4. The smallest absolute Gasteiger partial charge is 0.472 e. The molecule has 1 aliphatic heterocycles. The standard InChI is InChI=1S/C8H16NO7P/c9-7(8(10)11)5-15-17(12,13)16-6-1-3-14-4-2-6/h6-7H,1-5,9H2,(H,10,11)(H,12,13)/t7-/m0/s1. The number of ether oxygens (including phenoxy) is 1. The molecule has 1 heterocycles. The minimum Gasteiger partial charge on any atom is -0.480 e. The van der Waals surface area contributed by atoms with Gasteiger partial charge in [0.05, 0.1) is 12.7 Å². The third-order valence-corrected chi connectivity index (χ3v) is 3.22. The first kappa shape index (κ1) is 14.6. The van der Waals surface area contributed by atoms with E-state index in [2.05, 4.69) is 4.52 Å². The molecule has 0 spiro atoms. The molecule has 1 saturated heterocycles. The van der Waals surface area contributed by atoms with Crippen molar-refractivity contribution < 1.29 is 33.1 Å². The Morgan fingerprint density at radius 1 is 1.53 bits per heavy atom. The fourth-order valence-electron chi connectivity index (χ4n) is 1.25. The molecule has 0 amide bonds. The number of phosphoric ester groups is 1. The number of aliphatic carboxylic acids is 1. The van der Waals surface area contributed by atoms with Crippen LogP contribution in [-0.4, -0.2) is 47.9 Å². The highest BCUT2D eigenvalue weighted by Gasteiger charge is 2.29. The molecule has 0 aromatic heterocycles. The second-order valence-corrected chi connectivity index (χ2v) is 5.03. The van der Waals surface area contributed by atoms with Crippen LogP contribution in [0.2, 0.25) is 0 Å². The Morgan fingerprint density at radius 2 is 2.12 bits per heavy atom. The predicted molar refractivity (Wildman–Crippen MR) is 56.3 cm³/mol. The van der Waals surface area contributed by atoms with Crippen LogP contribution in [0.15, 0.2) is 0 Å². The van der Waals surface area contributed by atoms with Crippen molar-refractivity contribution in [3.05, 3.63) is 0 Å². The van der Waals surface area contributed by atoms with E-state index in [4.69, 9.17) is 20.1 Å².